The fraction of sp³-hybridized carbons (Fsp3) is 0. The Morgan fingerprint density at radius 2 is 1.86 bits per heavy atom. The van der Waals surface area contributed by atoms with Crippen LogP contribution in [-0.4, -0.2) is 8.76 Å². The van der Waals surface area contributed by atoms with Gasteiger partial charge in [0.25, 0.3) is 0 Å². The zero-order valence-electron chi connectivity index (χ0n) is 3.49. The van der Waals surface area contributed by atoms with E-state index in [1.54, 1.807) is 0 Å². The van der Waals surface area contributed by atoms with Crippen LogP contribution in [0.15, 0.2) is 12.0 Å². The van der Waals surface area contributed by atoms with Crippen LogP contribution >= 0.6 is 0 Å². The molecule has 0 aliphatic carbocycles. The molecule has 7 heavy (non-hydrogen) atoms. The molecule has 1 radical (unpaired) electrons. The third kappa shape index (κ3) is 18.3. The first-order valence-electron chi connectivity index (χ1n) is 0.977. The minimum atomic E-state index is -2.06. The Labute approximate surface area is 84.6 Å². The summed E-state index contributed by atoms with van der Waals surface area (Å²) in [5.74, 6) is 0. The van der Waals surface area contributed by atoms with E-state index in [0.29, 0.717) is 0 Å². The predicted octanol–water partition coefficient (Wildman–Crippen LogP) is 0.00400. The summed E-state index contributed by atoms with van der Waals surface area (Å²) >= 11 is -2.06. The van der Waals surface area contributed by atoms with Gasteiger partial charge in [0.05, 0.1) is 0 Å². The second-order valence-electron chi connectivity index (χ2n) is 0.427. The Hall–Kier alpha value is 1.64. The Morgan fingerprint density at radius 1 is 1.71 bits per heavy atom. The molecule has 0 aromatic heterocycles. The maximum absolute atomic E-state index is 9.25. The predicted molar refractivity (Wildman–Crippen MR) is 19.1 cm³/mol. The Morgan fingerprint density at radius 3 is 1.86 bits per heavy atom. The van der Waals surface area contributed by atoms with E-state index in [9.17, 15) is 8.76 Å². The van der Waals surface area contributed by atoms with E-state index in [1.165, 1.54) is 0 Å². The third-order valence-corrected chi connectivity index (χ3v) is 0.408. The van der Waals surface area contributed by atoms with Gasteiger partial charge in [0.1, 0.15) is 0 Å². The average molecular weight is 364 g/mol. The second-order valence-corrected chi connectivity index (χ2v) is 1.28. The van der Waals surface area contributed by atoms with E-state index in [4.69, 9.17) is 0 Å². The summed E-state index contributed by atoms with van der Waals surface area (Å²) < 4.78 is 18.5. The molecule has 0 saturated carbocycles. The molecule has 0 bridgehead atoms. The summed E-state index contributed by atoms with van der Waals surface area (Å²) in [5, 5.41) is 0.833. The van der Waals surface area contributed by atoms with Crippen LogP contribution in [0.25, 0.3) is 0 Å². The zero-order chi connectivity index (χ0) is 4.28. The van der Waals surface area contributed by atoms with Crippen molar-refractivity contribution in [1.82, 2.24) is 0 Å². The van der Waals surface area contributed by atoms with Crippen molar-refractivity contribution in [1.29, 1.82) is 0 Å². The summed E-state index contributed by atoms with van der Waals surface area (Å²) in [7, 11) is 0. The SMILES string of the molecule is C=CS(=O)[O-].[W].[Y]. The van der Waals surface area contributed by atoms with Crippen LogP contribution in [0.1, 0.15) is 0 Å². The summed E-state index contributed by atoms with van der Waals surface area (Å²) in [6.45, 7) is 2.95. The minimum absolute atomic E-state index is 0. The molecular weight excluding hydrogens is 361 g/mol. The number of hydrogen-bond acceptors (Lipinski definition) is 2. The van der Waals surface area contributed by atoms with Crippen LogP contribution in [0.2, 0.25) is 0 Å². The molecule has 0 heterocycles. The summed E-state index contributed by atoms with van der Waals surface area (Å²) in [6.07, 6.45) is 0. The van der Waals surface area contributed by atoms with Crippen molar-refractivity contribution in [3.05, 3.63) is 12.0 Å². The van der Waals surface area contributed by atoms with Gasteiger partial charge in [-0.15, -0.1) is 0 Å². The molecule has 0 saturated heterocycles. The Kier molecular flexibility index (Phi) is 24.0. The van der Waals surface area contributed by atoms with Gasteiger partial charge in [-0.3, -0.25) is 4.21 Å². The van der Waals surface area contributed by atoms with E-state index in [2.05, 4.69) is 6.58 Å². The van der Waals surface area contributed by atoms with E-state index < -0.39 is 11.1 Å². The molecule has 0 amide bonds. The molecule has 0 aromatic rings. The fourth-order valence-corrected chi connectivity index (χ4v) is 0. The zero-order valence-corrected chi connectivity index (χ0v) is 10.1. The van der Waals surface area contributed by atoms with Gasteiger partial charge in [0.2, 0.25) is 0 Å². The summed E-state index contributed by atoms with van der Waals surface area (Å²) in [4.78, 5) is 0. The molecule has 39 valence electrons. The van der Waals surface area contributed by atoms with Crippen molar-refractivity contribution in [2.24, 2.45) is 0 Å². The first-order valence-corrected chi connectivity index (χ1v) is 2.12. The molecule has 0 aliphatic rings. The molecule has 0 spiro atoms. The molecule has 1 unspecified atom stereocenters. The molecule has 2 nitrogen and oxygen atoms in total. The third-order valence-electron chi connectivity index (χ3n) is 0.136. The first kappa shape index (κ1) is 15.9. The Balaban J connectivity index is -0.0000000800. The van der Waals surface area contributed by atoms with Gasteiger partial charge < -0.3 is 4.55 Å². The summed E-state index contributed by atoms with van der Waals surface area (Å²) in [5.41, 5.74) is 0. The van der Waals surface area contributed by atoms with Gasteiger partial charge >= 0.3 is 0 Å². The van der Waals surface area contributed by atoms with Crippen LogP contribution in [0.4, 0.5) is 0 Å². The van der Waals surface area contributed by atoms with Crippen LogP contribution in [0, 0.1) is 0 Å². The molecular formula is C2H3O2SWY-. The van der Waals surface area contributed by atoms with Gasteiger partial charge in [0, 0.05) is 53.8 Å². The maximum Gasteiger partial charge on any atom is 0 e. The molecule has 5 heteroatoms. The number of hydrogen-bond donors (Lipinski definition) is 0. The Bertz CT molecular complexity index is 66.7. The monoisotopic (exact) mass is 364 g/mol. The largest absolute Gasteiger partial charge is 0.769 e. The summed E-state index contributed by atoms with van der Waals surface area (Å²) in [6, 6.07) is 0. The van der Waals surface area contributed by atoms with Crippen molar-refractivity contribution in [3.63, 3.8) is 0 Å². The average Bonchev–Trinajstić information content (AvgIpc) is 1.38. The van der Waals surface area contributed by atoms with Gasteiger partial charge in [0.15, 0.2) is 0 Å². The van der Waals surface area contributed by atoms with Crippen molar-refractivity contribution >= 4 is 11.1 Å². The first-order chi connectivity index (χ1) is 2.27. The van der Waals surface area contributed by atoms with Crippen LogP contribution < -0.4 is 0 Å². The van der Waals surface area contributed by atoms with Gasteiger partial charge in [-0.25, -0.2) is 0 Å². The van der Waals surface area contributed by atoms with E-state index in [-0.39, 0.29) is 53.8 Å². The van der Waals surface area contributed by atoms with Gasteiger partial charge in [-0.05, 0) is 16.5 Å². The van der Waals surface area contributed by atoms with Crippen LogP contribution in [0.5, 0.6) is 0 Å². The minimum Gasteiger partial charge on any atom is -0.769 e. The molecule has 0 aromatic carbocycles. The quantitative estimate of drug-likeness (QED) is 0.615. The van der Waals surface area contributed by atoms with E-state index in [1.807, 2.05) is 0 Å². The molecule has 0 fully saturated rings. The maximum atomic E-state index is 9.25. The smallest absolute Gasteiger partial charge is 0 e. The van der Waals surface area contributed by atoms with Crippen molar-refractivity contribution in [2.75, 3.05) is 0 Å². The van der Waals surface area contributed by atoms with Crippen molar-refractivity contribution < 1.29 is 62.5 Å². The number of rotatable bonds is 1. The standard InChI is InChI=1S/C2H4O2S.W.Y/c1-2-5(3)4;;/h2H,1H2,(H,3,4);;/p-1. The molecule has 0 aliphatic heterocycles. The molecule has 0 N–H and O–H groups in total. The van der Waals surface area contributed by atoms with Crippen molar-refractivity contribution in [3.8, 4) is 0 Å². The van der Waals surface area contributed by atoms with E-state index >= 15 is 0 Å². The fourth-order valence-electron chi connectivity index (χ4n) is 0. The van der Waals surface area contributed by atoms with Gasteiger partial charge in [-0.1, -0.05) is 6.58 Å². The topological polar surface area (TPSA) is 40.1 Å². The second kappa shape index (κ2) is 10.6. The normalized spacial score (nSPS) is 9.86. The van der Waals surface area contributed by atoms with Crippen LogP contribution in [-0.2, 0) is 64.9 Å². The van der Waals surface area contributed by atoms with Crippen LogP contribution in [0.3, 0.4) is 0 Å². The van der Waals surface area contributed by atoms with Crippen molar-refractivity contribution in [2.45, 2.75) is 0 Å². The van der Waals surface area contributed by atoms with Gasteiger partial charge in [-0.2, -0.15) is 0 Å². The molecule has 0 rings (SSSR count). The molecule has 1 atom stereocenters. The van der Waals surface area contributed by atoms with E-state index in [0.717, 1.165) is 5.41 Å².